The van der Waals surface area contributed by atoms with Crippen LogP contribution in [0, 0.1) is 11.8 Å². The lowest BCUT2D eigenvalue weighted by molar-refractivity contribution is 0.313. The number of fused-ring (bicyclic) bond motifs is 1. The summed E-state index contributed by atoms with van der Waals surface area (Å²) in [5, 5.41) is 7.78. The summed E-state index contributed by atoms with van der Waals surface area (Å²) in [7, 11) is 0. The lowest BCUT2D eigenvalue weighted by Gasteiger charge is -2.23. The van der Waals surface area contributed by atoms with Gasteiger partial charge in [0.2, 0.25) is 0 Å². The smallest absolute Gasteiger partial charge is 0.0176 e. The Morgan fingerprint density at radius 1 is 1.22 bits per heavy atom. The predicted molar refractivity (Wildman–Crippen MR) is 36.3 cm³/mol. The van der Waals surface area contributed by atoms with Gasteiger partial charge in [0, 0.05) is 13.1 Å². The summed E-state index contributed by atoms with van der Waals surface area (Å²) in [5.41, 5.74) is 0. The maximum Gasteiger partial charge on any atom is 0.0176 e. The first kappa shape index (κ1) is 5.69. The van der Waals surface area contributed by atoms with Crippen LogP contribution < -0.4 is 10.6 Å². The van der Waals surface area contributed by atoms with E-state index in [1.54, 1.807) is 0 Å². The van der Waals surface area contributed by atoms with Gasteiger partial charge in [-0.3, -0.25) is 0 Å². The second kappa shape index (κ2) is 2.27. The molecule has 0 aromatic carbocycles. The molecular weight excluding hydrogens is 112 g/mol. The van der Waals surface area contributed by atoms with Gasteiger partial charge in [0.15, 0.2) is 0 Å². The molecule has 2 heteroatoms. The molecule has 1 N–H and O–H groups in total. The summed E-state index contributed by atoms with van der Waals surface area (Å²) in [5.74, 6) is 1.85. The zero-order valence-electron chi connectivity index (χ0n) is 5.64. The molecule has 1 radical (unpaired) electrons. The van der Waals surface area contributed by atoms with Crippen LogP contribution >= 0.6 is 0 Å². The van der Waals surface area contributed by atoms with E-state index in [1.165, 1.54) is 19.5 Å². The van der Waals surface area contributed by atoms with Crippen molar-refractivity contribution in [2.75, 3.05) is 26.2 Å². The number of rotatable bonds is 0. The summed E-state index contributed by atoms with van der Waals surface area (Å²) in [6.45, 7) is 4.70. The van der Waals surface area contributed by atoms with E-state index >= 15 is 0 Å². The zero-order chi connectivity index (χ0) is 6.10. The number of piperidine rings is 1. The number of hydrogen-bond acceptors (Lipinski definition) is 1. The zero-order valence-corrected chi connectivity index (χ0v) is 5.64. The van der Waals surface area contributed by atoms with Gasteiger partial charge in [0.25, 0.3) is 0 Å². The Labute approximate surface area is 56.0 Å². The highest BCUT2D eigenvalue weighted by Gasteiger charge is 2.29. The average molecular weight is 125 g/mol. The van der Waals surface area contributed by atoms with Crippen molar-refractivity contribution in [3.05, 3.63) is 0 Å². The van der Waals surface area contributed by atoms with Gasteiger partial charge >= 0.3 is 0 Å². The third-order valence-corrected chi connectivity index (χ3v) is 2.50. The normalized spacial score (nSPS) is 42.7. The highest BCUT2D eigenvalue weighted by atomic mass is 15.0. The molecule has 0 aliphatic carbocycles. The number of hydrogen-bond donors (Lipinski definition) is 1. The van der Waals surface area contributed by atoms with Crippen LogP contribution in [0.5, 0.6) is 0 Å². The molecule has 2 aliphatic heterocycles. The maximum atomic E-state index is 4.38. The Kier molecular flexibility index (Phi) is 1.44. The summed E-state index contributed by atoms with van der Waals surface area (Å²) < 4.78 is 0. The Hall–Kier alpha value is -0.0800. The highest BCUT2D eigenvalue weighted by molar-refractivity contribution is 4.85. The van der Waals surface area contributed by atoms with Gasteiger partial charge < -0.3 is 5.32 Å². The first-order valence-corrected chi connectivity index (χ1v) is 3.81. The van der Waals surface area contributed by atoms with Gasteiger partial charge in [-0.05, 0) is 31.3 Å². The molecule has 0 aromatic rings. The van der Waals surface area contributed by atoms with Crippen LogP contribution in [0.25, 0.3) is 0 Å². The molecule has 0 aromatic heterocycles. The van der Waals surface area contributed by atoms with Crippen molar-refractivity contribution in [3.63, 3.8) is 0 Å². The first-order valence-electron chi connectivity index (χ1n) is 3.81. The van der Waals surface area contributed by atoms with Crippen LogP contribution in [0.3, 0.4) is 0 Å². The molecule has 0 saturated carbocycles. The van der Waals surface area contributed by atoms with Crippen molar-refractivity contribution in [2.45, 2.75) is 6.42 Å². The second-order valence-electron chi connectivity index (χ2n) is 3.10. The van der Waals surface area contributed by atoms with Crippen molar-refractivity contribution >= 4 is 0 Å². The Morgan fingerprint density at radius 3 is 3.00 bits per heavy atom. The van der Waals surface area contributed by atoms with E-state index in [1.807, 2.05) is 0 Å². The molecule has 9 heavy (non-hydrogen) atoms. The third kappa shape index (κ3) is 0.970. The Morgan fingerprint density at radius 2 is 2.11 bits per heavy atom. The molecule has 2 atom stereocenters. The fraction of sp³-hybridized carbons (Fsp3) is 1.00. The van der Waals surface area contributed by atoms with Gasteiger partial charge in [-0.2, -0.15) is 0 Å². The molecular formula is C7H13N2. The van der Waals surface area contributed by atoms with Crippen LogP contribution in [0.15, 0.2) is 0 Å². The van der Waals surface area contributed by atoms with Crippen LogP contribution in [0.1, 0.15) is 6.42 Å². The van der Waals surface area contributed by atoms with E-state index in [0.29, 0.717) is 0 Å². The van der Waals surface area contributed by atoms with Crippen molar-refractivity contribution in [1.29, 1.82) is 0 Å². The third-order valence-electron chi connectivity index (χ3n) is 2.50. The minimum atomic E-state index is 0.888. The number of nitrogens with one attached hydrogen (secondary N) is 1. The standard InChI is InChI=1S/C7H13N2/c1-2-8-4-7-5-9-3-6(1)7/h6-7,9H,1-5H2. The van der Waals surface area contributed by atoms with Gasteiger partial charge in [0.05, 0.1) is 0 Å². The molecule has 2 heterocycles. The van der Waals surface area contributed by atoms with Gasteiger partial charge in [0.1, 0.15) is 0 Å². The minimum Gasteiger partial charge on any atom is -0.316 e. The van der Waals surface area contributed by atoms with E-state index in [9.17, 15) is 0 Å². The lowest BCUT2D eigenvalue weighted by atomic mass is 9.90. The molecule has 0 spiro atoms. The van der Waals surface area contributed by atoms with E-state index in [0.717, 1.165) is 24.9 Å². The summed E-state index contributed by atoms with van der Waals surface area (Å²) in [4.78, 5) is 0. The monoisotopic (exact) mass is 125 g/mol. The Bertz CT molecular complexity index is 91.1. The van der Waals surface area contributed by atoms with Gasteiger partial charge in [-0.15, -0.1) is 0 Å². The topological polar surface area (TPSA) is 26.1 Å². The van der Waals surface area contributed by atoms with Gasteiger partial charge in [-0.25, -0.2) is 5.32 Å². The molecule has 0 amide bonds. The van der Waals surface area contributed by atoms with Crippen molar-refractivity contribution in [3.8, 4) is 0 Å². The summed E-state index contributed by atoms with van der Waals surface area (Å²) in [6.07, 6.45) is 1.33. The highest BCUT2D eigenvalue weighted by Crippen LogP contribution is 2.22. The fourth-order valence-electron chi connectivity index (χ4n) is 1.85. The van der Waals surface area contributed by atoms with Crippen LogP contribution in [0.4, 0.5) is 0 Å². The SMILES string of the molecule is C1CC2CNCC2C[N]1. The van der Waals surface area contributed by atoms with Crippen molar-refractivity contribution < 1.29 is 0 Å². The molecule has 2 rings (SSSR count). The summed E-state index contributed by atoms with van der Waals surface area (Å²) in [6, 6.07) is 0. The van der Waals surface area contributed by atoms with Crippen molar-refractivity contribution in [2.24, 2.45) is 11.8 Å². The molecule has 0 bridgehead atoms. The summed E-state index contributed by atoms with van der Waals surface area (Å²) >= 11 is 0. The lowest BCUT2D eigenvalue weighted by Crippen LogP contribution is -2.31. The second-order valence-corrected chi connectivity index (χ2v) is 3.10. The molecule has 2 fully saturated rings. The van der Waals surface area contributed by atoms with E-state index in [-0.39, 0.29) is 0 Å². The van der Waals surface area contributed by atoms with Crippen LogP contribution in [-0.2, 0) is 0 Å². The quantitative estimate of drug-likeness (QED) is 0.478. The van der Waals surface area contributed by atoms with Crippen LogP contribution in [0.2, 0.25) is 0 Å². The van der Waals surface area contributed by atoms with Crippen LogP contribution in [-0.4, -0.2) is 26.2 Å². The molecule has 2 aliphatic rings. The molecule has 2 unspecified atom stereocenters. The van der Waals surface area contributed by atoms with E-state index < -0.39 is 0 Å². The van der Waals surface area contributed by atoms with Crippen molar-refractivity contribution in [1.82, 2.24) is 10.6 Å². The number of nitrogens with zero attached hydrogens (tertiary/aromatic N) is 1. The largest absolute Gasteiger partial charge is 0.316 e. The van der Waals surface area contributed by atoms with E-state index in [4.69, 9.17) is 0 Å². The molecule has 51 valence electrons. The molecule has 2 nitrogen and oxygen atoms in total. The Balaban J connectivity index is 1.97. The van der Waals surface area contributed by atoms with E-state index in [2.05, 4.69) is 10.6 Å². The first-order chi connectivity index (χ1) is 4.47. The average Bonchev–Trinajstić information content (AvgIpc) is 2.33. The maximum absolute atomic E-state index is 4.38. The minimum absolute atomic E-state index is 0.888. The van der Waals surface area contributed by atoms with Gasteiger partial charge in [-0.1, -0.05) is 0 Å². The predicted octanol–water partition coefficient (Wildman–Crippen LogP) is -0.170. The fourth-order valence-corrected chi connectivity index (χ4v) is 1.85. The molecule has 2 saturated heterocycles.